The lowest BCUT2D eigenvalue weighted by molar-refractivity contribution is 0.0376. The Morgan fingerprint density at radius 2 is 1.78 bits per heavy atom. The van der Waals surface area contributed by atoms with Crippen LogP contribution in [0.2, 0.25) is 0 Å². The quantitative estimate of drug-likeness (QED) is 0.568. The van der Waals surface area contributed by atoms with Gasteiger partial charge in [0.2, 0.25) is 0 Å². The molecule has 0 saturated carbocycles. The van der Waals surface area contributed by atoms with Gasteiger partial charge in [0, 0.05) is 6.61 Å². The summed E-state index contributed by atoms with van der Waals surface area (Å²) in [5, 5.41) is 0. The first-order valence-electron chi connectivity index (χ1n) is 3.83. The topological polar surface area (TPSA) is 9.23 Å². The summed E-state index contributed by atoms with van der Waals surface area (Å²) in [6, 6.07) is 0. The van der Waals surface area contributed by atoms with Crippen LogP contribution in [0.1, 0.15) is 34.1 Å². The van der Waals surface area contributed by atoms with Gasteiger partial charge in [-0.3, -0.25) is 0 Å². The Bertz CT molecular complexity index is 61.6. The fourth-order valence-electron chi connectivity index (χ4n) is 0.759. The van der Waals surface area contributed by atoms with Gasteiger partial charge >= 0.3 is 0 Å². The van der Waals surface area contributed by atoms with E-state index in [4.69, 9.17) is 4.74 Å². The Morgan fingerprint density at radius 1 is 1.22 bits per heavy atom. The van der Waals surface area contributed by atoms with Crippen LogP contribution >= 0.6 is 0 Å². The molecule has 2 unspecified atom stereocenters. The van der Waals surface area contributed by atoms with Crippen LogP contribution in [-0.2, 0) is 4.74 Å². The van der Waals surface area contributed by atoms with Gasteiger partial charge in [-0.1, -0.05) is 20.3 Å². The van der Waals surface area contributed by atoms with E-state index in [1.807, 2.05) is 6.92 Å². The molecule has 0 rings (SSSR count). The van der Waals surface area contributed by atoms with Crippen LogP contribution in [-0.4, -0.2) is 12.7 Å². The SMILES string of the molecule is CCOC(C)C(C)CC. The molecular weight excluding hydrogens is 112 g/mol. The molecule has 0 radical (unpaired) electrons. The molecule has 0 aromatic carbocycles. The summed E-state index contributed by atoms with van der Waals surface area (Å²) in [7, 11) is 0. The zero-order valence-corrected chi connectivity index (χ0v) is 6.98. The third-order valence-corrected chi connectivity index (χ3v) is 1.87. The first-order valence-corrected chi connectivity index (χ1v) is 3.83. The molecule has 0 aromatic rings. The molecule has 2 atom stereocenters. The van der Waals surface area contributed by atoms with Gasteiger partial charge in [0.1, 0.15) is 0 Å². The van der Waals surface area contributed by atoms with Gasteiger partial charge in [0.25, 0.3) is 0 Å². The fraction of sp³-hybridized carbons (Fsp3) is 1.00. The van der Waals surface area contributed by atoms with Crippen molar-refractivity contribution in [1.29, 1.82) is 0 Å². The van der Waals surface area contributed by atoms with Gasteiger partial charge in [0.05, 0.1) is 6.10 Å². The van der Waals surface area contributed by atoms with Crippen LogP contribution in [0, 0.1) is 5.92 Å². The number of ether oxygens (including phenoxy) is 1. The minimum atomic E-state index is 0.431. The lowest BCUT2D eigenvalue weighted by Crippen LogP contribution is -2.16. The molecule has 0 N–H and O–H groups in total. The van der Waals surface area contributed by atoms with Crippen molar-refractivity contribution in [1.82, 2.24) is 0 Å². The molecular formula is C8H18O. The van der Waals surface area contributed by atoms with Crippen molar-refractivity contribution in [2.24, 2.45) is 5.92 Å². The van der Waals surface area contributed by atoms with Gasteiger partial charge in [0.15, 0.2) is 0 Å². The van der Waals surface area contributed by atoms with Crippen LogP contribution in [0.25, 0.3) is 0 Å². The van der Waals surface area contributed by atoms with Gasteiger partial charge in [-0.2, -0.15) is 0 Å². The minimum Gasteiger partial charge on any atom is -0.379 e. The normalized spacial score (nSPS) is 17.3. The van der Waals surface area contributed by atoms with Crippen molar-refractivity contribution in [3.05, 3.63) is 0 Å². The molecule has 0 aliphatic rings. The molecule has 0 fully saturated rings. The Morgan fingerprint density at radius 3 is 2.11 bits per heavy atom. The third-order valence-electron chi connectivity index (χ3n) is 1.87. The summed E-state index contributed by atoms with van der Waals surface area (Å²) in [5.74, 6) is 0.699. The maximum absolute atomic E-state index is 5.39. The summed E-state index contributed by atoms with van der Waals surface area (Å²) < 4.78 is 5.39. The number of hydrogen-bond donors (Lipinski definition) is 0. The summed E-state index contributed by atoms with van der Waals surface area (Å²) in [4.78, 5) is 0. The first-order chi connectivity index (χ1) is 4.22. The second kappa shape index (κ2) is 4.80. The molecule has 9 heavy (non-hydrogen) atoms. The molecule has 56 valence electrons. The minimum absolute atomic E-state index is 0.431. The molecule has 0 amide bonds. The van der Waals surface area contributed by atoms with E-state index in [0.717, 1.165) is 6.61 Å². The van der Waals surface area contributed by atoms with E-state index in [9.17, 15) is 0 Å². The lowest BCUT2D eigenvalue weighted by Gasteiger charge is -2.17. The second-order valence-corrected chi connectivity index (χ2v) is 2.55. The maximum atomic E-state index is 5.39. The Hall–Kier alpha value is -0.0400. The molecule has 0 aliphatic heterocycles. The van der Waals surface area contributed by atoms with E-state index in [2.05, 4.69) is 20.8 Å². The Labute approximate surface area is 58.4 Å². The summed E-state index contributed by atoms with van der Waals surface area (Å²) in [6.07, 6.45) is 1.64. The van der Waals surface area contributed by atoms with E-state index in [1.165, 1.54) is 6.42 Å². The predicted molar refractivity (Wildman–Crippen MR) is 40.5 cm³/mol. The predicted octanol–water partition coefficient (Wildman–Crippen LogP) is 2.46. The highest BCUT2D eigenvalue weighted by atomic mass is 16.5. The van der Waals surface area contributed by atoms with Crippen molar-refractivity contribution in [2.45, 2.75) is 40.2 Å². The van der Waals surface area contributed by atoms with Gasteiger partial charge in [-0.15, -0.1) is 0 Å². The molecule has 0 aromatic heterocycles. The van der Waals surface area contributed by atoms with Crippen LogP contribution in [0.3, 0.4) is 0 Å². The zero-order valence-electron chi connectivity index (χ0n) is 6.98. The van der Waals surface area contributed by atoms with E-state index < -0.39 is 0 Å². The van der Waals surface area contributed by atoms with Crippen molar-refractivity contribution in [3.63, 3.8) is 0 Å². The molecule has 1 nitrogen and oxygen atoms in total. The van der Waals surface area contributed by atoms with E-state index in [1.54, 1.807) is 0 Å². The monoisotopic (exact) mass is 130 g/mol. The number of rotatable bonds is 4. The molecule has 0 heterocycles. The van der Waals surface area contributed by atoms with Gasteiger partial charge in [-0.05, 0) is 19.8 Å². The van der Waals surface area contributed by atoms with Gasteiger partial charge in [-0.25, -0.2) is 0 Å². The van der Waals surface area contributed by atoms with E-state index in [0.29, 0.717) is 12.0 Å². The Balaban J connectivity index is 3.32. The maximum Gasteiger partial charge on any atom is 0.0572 e. The van der Waals surface area contributed by atoms with Crippen LogP contribution in [0.15, 0.2) is 0 Å². The fourth-order valence-corrected chi connectivity index (χ4v) is 0.759. The smallest absolute Gasteiger partial charge is 0.0572 e. The molecule has 0 aliphatic carbocycles. The molecule has 1 heteroatoms. The summed E-state index contributed by atoms with van der Waals surface area (Å²) in [6.45, 7) is 9.43. The average molecular weight is 130 g/mol. The summed E-state index contributed by atoms with van der Waals surface area (Å²) >= 11 is 0. The molecule has 0 saturated heterocycles. The van der Waals surface area contributed by atoms with Crippen LogP contribution < -0.4 is 0 Å². The largest absolute Gasteiger partial charge is 0.379 e. The Kier molecular flexibility index (Phi) is 4.78. The third kappa shape index (κ3) is 3.52. The van der Waals surface area contributed by atoms with Crippen molar-refractivity contribution in [3.8, 4) is 0 Å². The highest BCUT2D eigenvalue weighted by Crippen LogP contribution is 2.09. The van der Waals surface area contributed by atoms with Crippen LogP contribution in [0.5, 0.6) is 0 Å². The number of hydrogen-bond acceptors (Lipinski definition) is 1. The van der Waals surface area contributed by atoms with Crippen molar-refractivity contribution >= 4 is 0 Å². The van der Waals surface area contributed by atoms with Crippen LogP contribution in [0.4, 0.5) is 0 Å². The van der Waals surface area contributed by atoms with Crippen molar-refractivity contribution in [2.75, 3.05) is 6.61 Å². The lowest BCUT2D eigenvalue weighted by atomic mass is 10.0. The van der Waals surface area contributed by atoms with Crippen molar-refractivity contribution < 1.29 is 4.74 Å². The molecule has 0 bridgehead atoms. The standard InChI is InChI=1S/C8H18O/c1-5-7(3)8(4)9-6-2/h7-8H,5-6H2,1-4H3. The zero-order chi connectivity index (χ0) is 7.28. The molecule has 0 spiro atoms. The summed E-state index contributed by atoms with van der Waals surface area (Å²) in [5.41, 5.74) is 0. The first kappa shape index (κ1) is 8.96. The highest BCUT2D eigenvalue weighted by molar-refractivity contribution is 4.57. The van der Waals surface area contributed by atoms with Gasteiger partial charge < -0.3 is 4.74 Å². The highest BCUT2D eigenvalue weighted by Gasteiger charge is 2.07. The van der Waals surface area contributed by atoms with E-state index >= 15 is 0 Å². The second-order valence-electron chi connectivity index (χ2n) is 2.55. The average Bonchev–Trinajstić information content (AvgIpc) is 1.87. The van der Waals surface area contributed by atoms with E-state index in [-0.39, 0.29) is 0 Å².